The summed E-state index contributed by atoms with van der Waals surface area (Å²) in [6.45, 7) is 0. The normalized spacial score (nSPS) is 13.1. The molecule has 0 saturated heterocycles. The molecular weight excluding hydrogens is 394 g/mol. The lowest BCUT2D eigenvalue weighted by Gasteiger charge is -2.21. The first kappa shape index (κ1) is 15.2. The first-order valence-corrected chi connectivity index (χ1v) is 8.74. The fourth-order valence-electron chi connectivity index (χ4n) is 3.49. The number of halogens is 1. The van der Waals surface area contributed by atoms with Gasteiger partial charge in [0, 0.05) is 38.3 Å². The summed E-state index contributed by atoms with van der Waals surface area (Å²) in [5.41, 5.74) is 2.01. The molecule has 2 aliphatic carbocycles. The molecular formula is C21H9BrNO3. The number of nitrogens with one attached hydrogen (secondary N) is 1. The Balaban J connectivity index is 1.93. The number of fused-ring (bicyclic) bond motifs is 5. The fraction of sp³-hybridized carbons (Fsp3) is 0. The summed E-state index contributed by atoms with van der Waals surface area (Å²) in [5, 5.41) is 0.826. The van der Waals surface area contributed by atoms with Gasteiger partial charge in [0.05, 0.1) is 11.3 Å². The van der Waals surface area contributed by atoms with Crippen LogP contribution in [0.4, 0.5) is 0 Å². The van der Waals surface area contributed by atoms with Crippen molar-refractivity contribution in [2.45, 2.75) is 0 Å². The number of pyridine rings is 1. The molecule has 0 fully saturated rings. The highest BCUT2D eigenvalue weighted by Crippen LogP contribution is 2.34. The predicted molar refractivity (Wildman–Crippen MR) is 101 cm³/mol. The first-order valence-electron chi connectivity index (χ1n) is 7.94. The molecule has 123 valence electrons. The highest BCUT2D eigenvalue weighted by Gasteiger charge is 2.34. The predicted octanol–water partition coefficient (Wildman–Crippen LogP) is 3.97. The van der Waals surface area contributed by atoms with Crippen molar-refractivity contribution in [2.24, 2.45) is 0 Å². The third-order valence-electron chi connectivity index (χ3n) is 4.70. The monoisotopic (exact) mass is 402 g/mol. The van der Waals surface area contributed by atoms with E-state index < -0.39 is 5.43 Å². The Kier molecular flexibility index (Phi) is 3.06. The highest BCUT2D eigenvalue weighted by molar-refractivity contribution is 9.10. The topological polar surface area (TPSA) is 67.0 Å². The molecule has 0 atom stereocenters. The molecule has 1 heterocycles. The van der Waals surface area contributed by atoms with Crippen LogP contribution < -0.4 is 5.43 Å². The number of aromatic nitrogens is 1. The number of hydrogen-bond donors (Lipinski definition) is 1. The van der Waals surface area contributed by atoms with Gasteiger partial charge in [-0.25, -0.2) is 0 Å². The van der Waals surface area contributed by atoms with Crippen LogP contribution in [-0.2, 0) is 0 Å². The highest BCUT2D eigenvalue weighted by atomic mass is 79.9. The zero-order chi connectivity index (χ0) is 18.0. The molecule has 0 aromatic heterocycles. The molecule has 1 aliphatic heterocycles. The summed E-state index contributed by atoms with van der Waals surface area (Å²) >= 11 is 3.41. The van der Waals surface area contributed by atoms with E-state index in [-0.39, 0.29) is 22.7 Å². The molecule has 4 nitrogen and oxygen atoms in total. The minimum Gasteiger partial charge on any atom is -0.354 e. The van der Waals surface area contributed by atoms with Crippen LogP contribution in [0.5, 0.6) is 0 Å². The second-order valence-corrected chi connectivity index (χ2v) is 7.11. The van der Waals surface area contributed by atoms with Gasteiger partial charge < -0.3 is 4.98 Å². The molecule has 0 unspecified atom stereocenters. The maximum atomic E-state index is 13.1. The summed E-state index contributed by atoms with van der Waals surface area (Å²) in [4.78, 5) is 41.6. The van der Waals surface area contributed by atoms with Gasteiger partial charge in [-0.15, -0.1) is 0 Å². The van der Waals surface area contributed by atoms with Gasteiger partial charge in [0.2, 0.25) is 0 Å². The third-order valence-corrected chi connectivity index (χ3v) is 5.19. The Morgan fingerprint density at radius 2 is 1.58 bits per heavy atom. The molecule has 26 heavy (non-hydrogen) atoms. The maximum Gasteiger partial charge on any atom is 0.196 e. The van der Waals surface area contributed by atoms with E-state index in [0.29, 0.717) is 22.4 Å². The molecule has 5 heteroatoms. The number of carbonyl (C=O) groups is 2. The summed E-state index contributed by atoms with van der Waals surface area (Å²) in [7, 11) is 0. The van der Waals surface area contributed by atoms with Gasteiger partial charge in [-0.1, -0.05) is 40.2 Å². The Labute approximate surface area is 156 Å². The lowest BCUT2D eigenvalue weighted by Crippen LogP contribution is -2.26. The first-order chi connectivity index (χ1) is 12.5. The number of H-pyrrole nitrogens is 1. The van der Waals surface area contributed by atoms with E-state index in [4.69, 9.17) is 0 Å². The van der Waals surface area contributed by atoms with E-state index in [1.165, 1.54) is 0 Å². The summed E-state index contributed by atoms with van der Waals surface area (Å²) < 4.78 is 0.882. The van der Waals surface area contributed by atoms with E-state index in [2.05, 4.69) is 27.0 Å². The van der Waals surface area contributed by atoms with Crippen molar-refractivity contribution in [2.75, 3.05) is 0 Å². The lowest BCUT2D eigenvalue weighted by molar-refractivity contribution is 0.0979. The average Bonchev–Trinajstić information content (AvgIpc) is 2.65. The summed E-state index contributed by atoms with van der Waals surface area (Å²) in [6.07, 6.45) is 0. The minimum absolute atomic E-state index is 0.0407. The van der Waals surface area contributed by atoms with Gasteiger partial charge in [-0.05, 0) is 29.7 Å². The van der Waals surface area contributed by atoms with E-state index >= 15 is 0 Å². The second-order valence-electron chi connectivity index (χ2n) is 6.20. The van der Waals surface area contributed by atoms with Gasteiger partial charge in [0.25, 0.3) is 0 Å². The molecule has 2 aromatic rings. The molecule has 1 radical (unpaired) electrons. The van der Waals surface area contributed by atoms with Crippen molar-refractivity contribution in [3.63, 3.8) is 0 Å². The van der Waals surface area contributed by atoms with Crippen LogP contribution >= 0.6 is 15.9 Å². The van der Waals surface area contributed by atoms with Gasteiger partial charge in [-0.3, -0.25) is 14.4 Å². The lowest BCUT2D eigenvalue weighted by atomic mass is 9.81. The zero-order valence-corrected chi connectivity index (χ0v) is 14.8. The Morgan fingerprint density at radius 1 is 0.846 bits per heavy atom. The van der Waals surface area contributed by atoms with Gasteiger partial charge >= 0.3 is 0 Å². The van der Waals surface area contributed by atoms with Crippen LogP contribution in [0, 0.1) is 6.07 Å². The maximum absolute atomic E-state index is 13.1. The van der Waals surface area contributed by atoms with E-state index in [9.17, 15) is 14.4 Å². The molecule has 2 aromatic carbocycles. The van der Waals surface area contributed by atoms with Crippen LogP contribution in [-0.4, -0.2) is 16.6 Å². The number of ketones is 2. The molecule has 0 spiro atoms. The van der Waals surface area contributed by atoms with Crippen molar-refractivity contribution in [3.8, 4) is 11.3 Å². The molecule has 5 rings (SSSR count). The Morgan fingerprint density at radius 3 is 2.35 bits per heavy atom. The van der Waals surface area contributed by atoms with E-state index in [0.717, 1.165) is 15.4 Å². The molecule has 0 bridgehead atoms. The van der Waals surface area contributed by atoms with Crippen LogP contribution in [0.15, 0.2) is 57.8 Å². The van der Waals surface area contributed by atoms with Crippen molar-refractivity contribution in [1.82, 2.24) is 4.98 Å². The quantitative estimate of drug-likeness (QED) is 0.398. The Hall–Kier alpha value is -3.05. The summed E-state index contributed by atoms with van der Waals surface area (Å²) in [6, 6.07) is 16.6. The largest absolute Gasteiger partial charge is 0.354 e. The fourth-order valence-corrected chi connectivity index (χ4v) is 3.87. The zero-order valence-electron chi connectivity index (χ0n) is 13.2. The minimum atomic E-state index is -0.405. The van der Waals surface area contributed by atoms with Crippen molar-refractivity contribution in [1.29, 1.82) is 0 Å². The number of aromatic amines is 1. The average molecular weight is 403 g/mol. The van der Waals surface area contributed by atoms with E-state index in [1.807, 2.05) is 18.2 Å². The van der Waals surface area contributed by atoms with Crippen LogP contribution in [0.25, 0.3) is 22.2 Å². The molecule has 3 aliphatic rings. The number of rotatable bonds is 0. The molecule has 0 amide bonds. The Bertz CT molecular complexity index is 1300. The van der Waals surface area contributed by atoms with Crippen molar-refractivity contribution >= 4 is 38.4 Å². The smallest absolute Gasteiger partial charge is 0.196 e. The van der Waals surface area contributed by atoms with Crippen LogP contribution in [0.2, 0.25) is 0 Å². The van der Waals surface area contributed by atoms with Crippen molar-refractivity contribution in [3.05, 3.63) is 91.5 Å². The number of benzene rings is 3. The SMILES string of the molecule is O=C1c2[c]c(=O)c3cc4cc(Br)ccc4[nH]c-3c2C(=O)c2ccccc21. The summed E-state index contributed by atoms with van der Waals surface area (Å²) in [5.74, 6) is -0.623. The number of hydrogen-bond acceptors (Lipinski definition) is 3. The van der Waals surface area contributed by atoms with E-state index in [1.54, 1.807) is 30.3 Å². The van der Waals surface area contributed by atoms with Gasteiger partial charge in [0.15, 0.2) is 17.0 Å². The van der Waals surface area contributed by atoms with Gasteiger partial charge in [-0.2, -0.15) is 0 Å². The third kappa shape index (κ3) is 1.98. The molecule has 1 N–H and O–H groups in total. The van der Waals surface area contributed by atoms with Crippen LogP contribution in [0.3, 0.4) is 0 Å². The standard InChI is InChI=1S/C21H9BrNO3/c22-11-5-6-16-10(7-11)8-14-17(24)9-15-18(19(14)23-16)21(26)13-4-2-1-3-12(13)20(15)25/h1-8,23H. The second kappa shape index (κ2) is 5.22. The molecule has 0 saturated carbocycles. The van der Waals surface area contributed by atoms with Crippen LogP contribution in [0.1, 0.15) is 31.8 Å². The van der Waals surface area contributed by atoms with Crippen molar-refractivity contribution < 1.29 is 9.59 Å². The van der Waals surface area contributed by atoms with Gasteiger partial charge in [0.1, 0.15) is 0 Å². The number of carbonyl (C=O) groups excluding carboxylic acids is 2.